The SMILES string of the molecule is CCC1CCC(=O)N(CCC(C)CCBr)CC1. The molecule has 1 rings (SSSR count). The van der Waals surface area contributed by atoms with Crippen LogP contribution in [0.15, 0.2) is 0 Å². The Morgan fingerprint density at radius 2 is 2.18 bits per heavy atom. The van der Waals surface area contributed by atoms with Crippen LogP contribution in [0.5, 0.6) is 0 Å². The normalized spacial score (nSPS) is 23.6. The van der Waals surface area contributed by atoms with Gasteiger partial charge in [-0.3, -0.25) is 4.79 Å². The quantitative estimate of drug-likeness (QED) is 0.683. The molecule has 1 aliphatic heterocycles. The lowest BCUT2D eigenvalue weighted by Crippen LogP contribution is -2.32. The second kappa shape index (κ2) is 8.12. The number of amides is 1. The highest BCUT2D eigenvalue weighted by Gasteiger charge is 2.21. The van der Waals surface area contributed by atoms with Crippen LogP contribution in [0.1, 0.15) is 52.4 Å². The summed E-state index contributed by atoms with van der Waals surface area (Å²) in [6.45, 7) is 6.46. The van der Waals surface area contributed by atoms with Crippen molar-refractivity contribution in [3.05, 3.63) is 0 Å². The summed E-state index contributed by atoms with van der Waals surface area (Å²) in [6, 6.07) is 0. The number of rotatable bonds is 6. The van der Waals surface area contributed by atoms with Crippen LogP contribution >= 0.6 is 15.9 Å². The molecule has 0 spiro atoms. The van der Waals surface area contributed by atoms with E-state index in [4.69, 9.17) is 0 Å². The van der Waals surface area contributed by atoms with Gasteiger partial charge < -0.3 is 4.90 Å². The molecule has 1 saturated heterocycles. The van der Waals surface area contributed by atoms with Crippen molar-refractivity contribution in [2.24, 2.45) is 11.8 Å². The molecule has 1 fully saturated rings. The maximum atomic E-state index is 12.0. The molecule has 0 saturated carbocycles. The molecule has 2 atom stereocenters. The van der Waals surface area contributed by atoms with Crippen molar-refractivity contribution in [3.63, 3.8) is 0 Å². The predicted molar refractivity (Wildman–Crippen MR) is 76.4 cm³/mol. The first-order valence-corrected chi connectivity index (χ1v) is 8.13. The Kier molecular flexibility index (Phi) is 7.17. The lowest BCUT2D eigenvalue weighted by molar-refractivity contribution is -0.130. The number of hydrogen-bond donors (Lipinski definition) is 0. The highest BCUT2D eigenvalue weighted by Crippen LogP contribution is 2.21. The van der Waals surface area contributed by atoms with Gasteiger partial charge in [0.15, 0.2) is 0 Å². The molecule has 2 unspecified atom stereocenters. The molecular formula is C14H26BrNO. The first-order valence-electron chi connectivity index (χ1n) is 7.01. The Morgan fingerprint density at radius 3 is 2.82 bits per heavy atom. The fourth-order valence-corrected chi connectivity index (χ4v) is 3.23. The van der Waals surface area contributed by atoms with Gasteiger partial charge in [0.05, 0.1) is 0 Å². The first kappa shape index (κ1) is 15.0. The van der Waals surface area contributed by atoms with E-state index in [1.54, 1.807) is 0 Å². The van der Waals surface area contributed by atoms with E-state index in [2.05, 4.69) is 34.7 Å². The molecule has 0 aromatic carbocycles. The maximum absolute atomic E-state index is 12.0. The van der Waals surface area contributed by atoms with Crippen molar-refractivity contribution in [1.82, 2.24) is 4.90 Å². The third kappa shape index (κ3) is 5.41. The summed E-state index contributed by atoms with van der Waals surface area (Å²) < 4.78 is 0. The van der Waals surface area contributed by atoms with Gasteiger partial charge in [0.1, 0.15) is 0 Å². The minimum Gasteiger partial charge on any atom is -0.343 e. The zero-order valence-corrected chi connectivity index (χ0v) is 12.8. The average molecular weight is 304 g/mol. The molecule has 0 radical (unpaired) electrons. The summed E-state index contributed by atoms with van der Waals surface area (Å²) in [6.07, 6.45) is 6.65. The van der Waals surface area contributed by atoms with Crippen molar-refractivity contribution in [3.8, 4) is 0 Å². The van der Waals surface area contributed by atoms with E-state index < -0.39 is 0 Å². The molecule has 3 heteroatoms. The molecule has 100 valence electrons. The van der Waals surface area contributed by atoms with Gasteiger partial charge >= 0.3 is 0 Å². The van der Waals surface area contributed by atoms with Crippen molar-refractivity contribution >= 4 is 21.8 Å². The first-order chi connectivity index (χ1) is 8.17. The Balaban J connectivity index is 2.34. The third-order valence-corrected chi connectivity index (χ3v) is 4.46. The van der Waals surface area contributed by atoms with E-state index in [1.807, 2.05) is 0 Å². The lowest BCUT2D eigenvalue weighted by atomic mass is 9.98. The average Bonchev–Trinajstić information content (AvgIpc) is 2.49. The Bertz CT molecular complexity index is 232. The van der Waals surface area contributed by atoms with E-state index in [0.29, 0.717) is 11.8 Å². The fraction of sp³-hybridized carbons (Fsp3) is 0.929. The number of halogens is 1. The van der Waals surface area contributed by atoms with Gasteiger partial charge in [0.2, 0.25) is 5.91 Å². The maximum Gasteiger partial charge on any atom is 0.222 e. The standard InChI is InChI=1S/C14H26BrNO/c1-3-13-4-5-14(17)16(11-8-13)10-7-12(2)6-9-15/h12-13H,3-11H2,1-2H3. The van der Waals surface area contributed by atoms with Crippen LogP contribution in [-0.4, -0.2) is 29.2 Å². The number of carbonyl (C=O) groups excluding carboxylic acids is 1. The van der Waals surface area contributed by atoms with E-state index in [1.165, 1.54) is 19.3 Å². The molecule has 1 amide bonds. The number of hydrogen-bond acceptors (Lipinski definition) is 1. The van der Waals surface area contributed by atoms with Crippen LogP contribution in [0.4, 0.5) is 0 Å². The molecule has 0 aromatic rings. The summed E-state index contributed by atoms with van der Waals surface area (Å²) in [5, 5.41) is 1.07. The minimum absolute atomic E-state index is 0.381. The van der Waals surface area contributed by atoms with Crippen LogP contribution in [0, 0.1) is 11.8 Å². The largest absolute Gasteiger partial charge is 0.343 e. The Morgan fingerprint density at radius 1 is 1.41 bits per heavy atom. The predicted octanol–water partition coefficient (Wildman–Crippen LogP) is 3.84. The van der Waals surface area contributed by atoms with Crippen LogP contribution in [-0.2, 0) is 4.79 Å². The van der Waals surface area contributed by atoms with Crippen molar-refractivity contribution in [2.75, 3.05) is 18.4 Å². The summed E-state index contributed by atoms with van der Waals surface area (Å²) in [4.78, 5) is 14.1. The highest BCUT2D eigenvalue weighted by atomic mass is 79.9. The van der Waals surface area contributed by atoms with Gasteiger partial charge in [-0.1, -0.05) is 36.2 Å². The highest BCUT2D eigenvalue weighted by molar-refractivity contribution is 9.09. The molecule has 0 aromatic heterocycles. The van der Waals surface area contributed by atoms with Crippen molar-refractivity contribution in [2.45, 2.75) is 52.4 Å². The van der Waals surface area contributed by atoms with Gasteiger partial charge in [-0.05, 0) is 37.5 Å². The van der Waals surface area contributed by atoms with Gasteiger partial charge in [-0.25, -0.2) is 0 Å². The molecule has 1 heterocycles. The molecular weight excluding hydrogens is 278 g/mol. The minimum atomic E-state index is 0.381. The van der Waals surface area contributed by atoms with E-state index in [-0.39, 0.29) is 0 Å². The molecule has 0 N–H and O–H groups in total. The molecule has 0 aliphatic carbocycles. The summed E-state index contributed by atoms with van der Waals surface area (Å²) in [7, 11) is 0. The van der Waals surface area contributed by atoms with Crippen LogP contribution in [0.25, 0.3) is 0 Å². The summed E-state index contributed by atoms with van der Waals surface area (Å²) >= 11 is 3.48. The number of nitrogens with zero attached hydrogens (tertiary/aromatic N) is 1. The Hall–Kier alpha value is -0.0500. The second-order valence-electron chi connectivity index (χ2n) is 5.35. The monoisotopic (exact) mass is 303 g/mol. The third-order valence-electron chi connectivity index (χ3n) is 4.00. The number of alkyl halides is 1. The van der Waals surface area contributed by atoms with Gasteiger partial charge in [-0.15, -0.1) is 0 Å². The van der Waals surface area contributed by atoms with Crippen LogP contribution in [0.2, 0.25) is 0 Å². The molecule has 2 nitrogen and oxygen atoms in total. The van der Waals surface area contributed by atoms with E-state index >= 15 is 0 Å². The van der Waals surface area contributed by atoms with Crippen LogP contribution < -0.4 is 0 Å². The van der Waals surface area contributed by atoms with Gasteiger partial charge in [0.25, 0.3) is 0 Å². The molecule has 1 aliphatic rings. The fourth-order valence-electron chi connectivity index (χ4n) is 2.44. The molecule has 17 heavy (non-hydrogen) atoms. The topological polar surface area (TPSA) is 20.3 Å². The van der Waals surface area contributed by atoms with Crippen LogP contribution in [0.3, 0.4) is 0 Å². The zero-order valence-electron chi connectivity index (χ0n) is 11.3. The molecule has 0 bridgehead atoms. The van der Waals surface area contributed by atoms with E-state index in [0.717, 1.165) is 43.6 Å². The van der Waals surface area contributed by atoms with Gasteiger partial charge in [-0.2, -0.15) is 0 Å². The lowest BCUT2D eigenvalue weighted by Gasteiger charge is -2.22. The van der Waals surface area contributed by atoms with Crippen molar-refractivity contribution < 1.29 is 4.79 Å². The second-order valence-corrected chi connectivity index (χ2v) is 6.15. The summed E-state index contributed by atoms with van der Waals surface area (Å²) in [5.74, 6) is 1.86. The van der Waals surface area contributed by atoms with E-state index in [9.17, 15) is 4.79 Å². The van der Waals surface area contributed by atoms with Gasteiger partial charge in [0, 0.05) is 24.8 Å². The smallest absolute Gasteiger partial charge is 0.222 e. The van der Waals surface area contributed by atoms with Crippen molar-refractivity contribution in [1.29, 1.82) is 0 Å². The Labute approximate surface area is 114 Å². The number of likely N-dealkylation sites (tertiary alicyclic amines) is 1. The summed E-state index contributed by atoms with van der Waals surface area (Å²) in [5.41, 5.74) is 0. The number of carbonyl (C=O) groups is 1. The zero-order chi connectivity index (χ0) is 12.7.